The molecule has 1 aliphatic heterocycles. The fourth-order valence-corrected chi connectivity index (χ4v) is 4.75. The molecule has 8 nitrogen and oxygen atoms in total. The molecular weight excluding hydrogens is 433 g/mol. The van der Waals surface area contributed by atoms with Gasteiger partial charge in [0.25, 0.3) is 0 Å². The van der Waals surface area contributed by atoms with Crippen LogP contribution in [0, 0.1) is 0 Å². The molecule has 0 aromatic carbocycles. The molecule has 3 N–H and O–H groups in total. The van der Waals surface area contributed by atoms with Gasteiger partial charge < -0.3 is 20.3 Å². The van der Waals surface area contributed by atoms with Gasteiger partial charge in [0.2, 0.25) is 0 Å². The molecule has 2 aromatic rings. The van der Waals surface area contributed by atoms with Crippen LogP contribution in [0.1, 0.15) is 32.9 Å². The van der Waals surface area contributed by atoms with E-state index in [2.05, 4.69) is 59.8 Å². The van der Waals surface area contributed by atoms with Crippen LogP contribution in [0.5, 0.6) is 0 Å². The Hall–Kier alpha value is -1.38. The molecule has 0 amide bonds. The lowest BCUT2D eigenvalue weighted by Gasteiger charge is -2.18. The van der Waals surface area contributed by atoms with Gasteiger partial charge in [0.1, 0.15) is 12.2 Å². The van der Waals surface area contributed by atoms with E-state index in [1.54, 1.807) is 10.9 Å². The maximum absolute atomic E-state index is 10.7. The monoisotopic (exact) mass is 467 g/mol. The first-order valence-corrected chi connectivity index (χ1v) is 14.8. The standard InChI is InChI=1S/C21H34N5O3PS/c1-7-13(2)8-10-22-18-15-19(25-21(24-18)31-6)26(12-23-15)20-17(28)16(27)14(29-20)9-11-30(3,4)5/h8,12,14,16-17,20,27-28H,3,7,9-11H2,1-2,4-6H3,(H,22,24,25)/b13-8-/t14?,16-,17-,20-/m1/s1. The Morgan fingerprint density at radius 1 is 1.35 bits per heavy atom. The molecule has 172 valence electrons. The van der Waals surface area contributed by atoms with Gasteiger partial charge in [-0.05, 0) is 45.5 Å². The van der Waals surface area contributed by atoms with E-state index in [1.807, 2.05) is 6.26 Å². The highest BCUT2D eigenvalue weighted by Crippen LogP contribution is 2.40. The number of hydrogen-bond acceptors (Lipinski definition) is 8. The molecule has 0 spiro atoms. The van der Waals surface area contributed by atoms with Gasteiger partial charge in [-0.25, -0.2) is 15.0 Å². The zero-order valence-electron chi connectivity index (χ0n) is 18.9. The lowest BCUT2D eigenvalue weighted by atomic mass is 10.1. The number of aliphatic hydroxyl groups excluding tert-OH is 2. The van der Waals surface area contributed by atoms with Crippen molar-refractivity contribution in [3.05, 3.63) is 18.0 Å². The number of ether oxygens (including phenoxy) is 1. The summed E-state index contributed by atoms with van der Waals surface area (Å²) in [6.07, 6.45) is 9.18. The van der Waals surface area contributed by atoms with Crippen molar-refractivity contribution in [2.24, 2.45) is 0 Å². The van der Waals surface area contributed by atoms with Crippen LogP contribution in [0.25, 0.3) is 11.2 Å². The van der Waals surface area contributed by atoms with E-state index >= 15 is 0 Å². The molecule has 1 saturated heterocycles. The molecule has 1 fully saturated rings. The summed E-state index contributed by atoms with van der Waals surface area (Å²) in [4.78, 5) is 13.7. The van der Waals surface area contributed by atoms with Crippen molar-refractivity contribution in [2.75, 3.05) is 37.6 Å². The topological polar surface area (TPSA) is 105 Å². The summed E-state index contributed by atoms with van der Waals surface area (Å²) in [5, 5.41) is 25.2. The maximum Gasteiger partial charge on any atom is 0.191 e. The predicted octanol–water partition coefficient (Wildman–Crippen LogP) is 3.03. The van der Waals surface area contributed by atoms with Crippen LogP contribution in [-0.4, -0.2) is 86.6 Å². The molecule has 0 radical (unpaired) electrons. The minimum Gasteiger partial charge on any atom is -0.388 e. The van der Waals surface area contributed by atoms with Crippen molar-refractivity contribution in [3.63, 3.8) is 0 Å². The van der Waals surface area contributed by atoms with Gasteiger partial charge in [-0.2, -0.15) is 0 Å². The molecule has 0 bridgehead atoms. The smallest absolute Gasteiger partial charge is 0.191 e. The van der Waals surface area contributed by atoms with E-state index in [1.165, 1.54) is 17.3 Å². The second-order valence-electron chi connectivity index (χ2n) is 8.66. The third-order valence-corrected chi connectivity index (χ3v) is 7.51. The first-order chi connectivity index (χ1) is 14.6. The number of fused-ring (bicyclic) bond motifs is 1. The number of nitrogens with one attached hydrogen (secondary N) is 1. The number of aromatic nitrogens is 4. The number of rotatable bonds is 9. The Morgan fingerprint density at radius 3 is 2.74 bits per heavy atom. The molecule has 1 unspecified atom stereocenters. The molecule has 0 saturated carbocycles. The van der Waals surface area contributed by atoms with Crippen LogP contribution in [0.15, 0.2) is 23.1 Å². The molecule has 10 heteroatoms. The summed E-state index contributed by atoms with van der Waals surface area (Å²) in [5.41, 5.74) is 2.47. The van der Waals surface area contributed by atoms with Crippen molar-refractivity contribution in [1.82, 2.24) is 19.5 Å². The van der Waals surface area contributed by atoms with Gasteiger partial charge in [0.05, 0.1) is 12.4 Å². The second kappa shape index (κ2) is 10.0. The third kappa shape index (κ3) is 5.71. The summed E-state index contributed by atoms with van der Waals surface area (Å²) in [6, 6.07) is 0. The number of hydrogen-bond donors (Lipinski definition) is 3. The Morgan fingerprint density at radius 2 is 2.10 bits per heavy atom. The number of allylic oxidation sites excluding steroid dienone is 1. The van der Waals surface area contributed by atoms with Gasteiger partial charge >= 0.3 is 0 Å². The van der Waals surface area contributed by atoms with Gasteiger partial charge in [-0.1, -0.05) is 30.3 Å². The van der Waals surface area contributed by atoms with Gasteiger partial charge in [0, 0.05) is 6.54 Å². The summed E-state index contributed by atoms with van der Waals surface area (Å²) >= 11 is 1.43. The average molecular weight is 468 g/mol. The fraction of sp³-hybridized carbons (Fsp3) is 0.619. The number of nitrogens with zero attached hydrogens (tertiary/aromatic N) is 4. The number of aliphatic hydroxyl groups is 2. The fourth-order valence-electron chi connectivity index (χ4n) is 3.44. The summed E-state index contributed by atoms with van der Waals surface area (Å²) in [6.45, 7) is 7.91. The number of thioether (sulfide) groups is 1. The molecule has 31 heavy (non-hydrogen) atoms. The SMILES string of the molecule is C=P(C)(C)CCC1O[C@@H](n2cnc3c(NC/C=C(/C)CC)nc(SC)nc32)[C@H](O)[C@@H]1O. The van der Waals surface area contributed by atoms with Crippen molar-refractivity contribution in [2.45, 2.75) is 56.4 Å². The van der Waals surface area contributed by atoms with E-state index in [-0.39, 0.29) is 0 Å². The zero-order chi connectivity index (χ0) is 22.8. The Bertz CT molecular complexity index is 989. The van der Waals surface area contributed by atoms with Crippen molar-refractivity contribution in [3.8, 4) is 0 Å². The van der Waals surface area contributed by atoms with Crippen LogP contribution in [-0.2, 0) is 4.74 Å². The van der Waals surface area contributed by atoms with E-state index in [4.69, 9.17) is 4.74 Å². The highest BCUT2D eigenvalue weighted by atomic mass is 32.2. The maximum atomic E-state index is 10.7. The molecule has 2 aromatic heterocycles. The third-order valence-electron chi connectivity index (χ3n) is 5.49. The van der Waals surface area contributed by atoms with Crippen molar-refractivity contribution >= 4 is 41.9 Å². The summed E-state index contributed by atoms with van der Waals surface area (Å²) in [7, 11) is 0. The molecule has 1 aliphatic rings. The van der Waals surface area contributed by atoms with Crippen LogP contribution in [0.2, 0.25) is 0 Å². The summed E-state index contributed by atoms with van der Waals surface area (Å²) < 4.78 is 7.79. The van der Waals surface area contributed by atoms with E-state index in [0.29, 0.717) is 35.1 Å². The minimum atomic E-state index is -1.25. The van der Waals surface area contributed by atoms with Gasteiger partial charge in [-0.3, -0.25) is 4.57 Å². The van der Waals surface area contributed by atoms with Crippen LogP contribution < -0.4 is 5.32 Å². The Labute approximate surface area is 188 Å². The first-order valence-electron chi connectivity index (χ1n) is 10.5. The van der Waals surface area contributed by atoms with E-state index in [0.717, 1.165) is 12.6 Å². The lowest BCUT2D eigenvalue weighted by Crippen LogP contribution is -2.31. The van der Waals surface area contributed by atoms with Crippen molar-refractivity contribution < 1.29 is 14.9 Å². The van der Waals surface area contributed by atoms with Crippen LogP contribution in [0.3, 0.4) is 0 Å². The highest BCUT2D eigenvalue weighted by Gasteiger charge is 2.44. The minimum absolute atomic E-state index is 0.444. The predicted molar refractivity (Wildman–Crippen MR) is 131 cm³/mol. The number of imidazole rings is 1. The lowest BCUT2D eigenvalue weighted by molar-refractivity contribution is -0.0353. The summed E-state index contributed by atoms with van der Waals surface area (Å²) in [5.74, 6) is 0.640. The van der Waals surface area contributed by atoms with E-state index < -0.39 is 31.4 Å². The molecular formula is C21H34N5O3PS. The van der Waals surface area contributed by atoms with Gasteiger partial charge in [-0.15, -0.1) is 13.2 Å². The molecule has 3 heterocycles. The number of anilines is 1. The molecule has 0 aliphatic carbocycles. The average Bonchev–Trinajstić information content (AvgIpc) is 3.27. The first kappa shape index (κ1) is 24.3. The highest BCUT2D eigenvalue weighted by molar-refractivity contribution is 7.98. The second-order valence-corrected chi connectivity index (χ2v) is 13.8. The molecule has 4 atom stereocenters. The van der Waals surface area contributed by atoms with Gasteiger partial charge in [0.15, 0.2) is 28.4 Å². The molecule has 3 rings (SSSR count). The van der Waals surface area contributed by atoms with Crippen LogP contribution >= 0.6 is 18.6 Å². The largest absolute Gasteiger partial charge is 0.388 e. The quantitative estimate of drug-likeness (QED) is 0.224. The Kier molecular flexibility index (Phi) is 7.86. The van der Waals surface area contributed by atoms with E-state index in [9.17, 15) is 10.2 Å². The van der Waals surface area contributed by atoms with Crippen molar-refractivity contribution in [1.29, 1.82) is 0 Å². The Balaban J connectivity index is 1.89. The zero-order valence-corrected chi connectivity index (χ0v) is 20.7. The van der Waals surface area contributed by atoms with Crippen LogP contribution in [0.4, 0.5) is 5.82 Å². The normalized spacial score (nSPS) is 24.8.